The maximum absolute atomic E-state index is 4.33. The summed E-state index contributed by atoms with van der Waals surface area (Å²) in [5, 5.41) is 18.9. The molecule has 6 nitrogen and oxygen atoms in total. The van der Waals surface area contributed by atoms with Gasteiger partial charge >= 0.3 is 0 Å². The monoisotopic (exact) mass is 296 g/mol. The highest BCUT2D eigenvalue weighted by Crippen LogP contribution is 2.25. The number of tetrazole rings is 1. The van der Waals surface area contributed by atoms with E-state index in [1.54, 1.807) is 0 Å². The van der Waals surface area contributed by atoms with Crippen molar-refractivity contribution < 1.29 is 0 Å². The van der Waals surface area contributed by atoms with Gasteiger partial charge in [0.25, 0.3) is 0 Å². The van der Waals surface area contributed by atoms with E-state index in [0.717, 1.165) is 5.82 Å². The molecule has 3 aromatic rings. The van der Waals surface area contributed by atoms with Gasteiger partial charge in [-0.25, -0.2) is 0 Å². The SMILES string of the molecule is C[C@H](Nc1ccc2nnnn2n1)c1ccc(C(C)(C)C)cc1. The number of benzene rings is 1. The quantitative estimate of drug-likeness (QED) is 0.804. The largest absolute Gasteiger partial charge is 0.362 e. The molecule has 2 heterocycles. The fourth-order valence-electron chi connectivity index (χ4n) is 2.30. The minimum atomic E-state index is 0.149. The minimum absolute atomic E-state index is 0.149. The van der Waals surface area contributed by atoms with E-state index in [9.17, 15) is 0 Å². The van der Waals surface area contributed by atoms with E-state index in [-0.39, 0.29) is 11.5 Å². The first-order valence-electron chi connectivity index (χ1n) is 7.36. The van der Waals surface area contributed by atoms with Gasteiger partial charge in [-0.3, -0.25) is 0 Å². The second-order valence-corrected chi connectivity index (χ2v) is 6.48. The Bertz CT molecular complexity index is 769. The third-order valence-electron chi connectivity index (χ3n) is 3.71. The summed E-state index contributed by atoms with van der Waals surface area (Å²) in [6.45, 7) is 8.76. The maximum atomic E-state index is 4.33. The van der Waals surface area contributed by atoms with Crippen molar-refractivity contribution in [2.24, 2.45) is 0 Å². The fourth-order valence-corrected chi connectivity index (χ4v) is 2.30. The third kappa shape index (κ3) is 2.90. The van der Waals surface area contributed by atoms with E-state index in [4.69, 9.17) is 0 Å². The molecule has 0 aliphatic heterocycles. The van der Waals surface area contributed by atoms with Crippen LogP contribution < -0.4 is 5.32 Å². The lowest BCUT2D eigenvalue weighted by Crippen LogP contribution is -2.12. The highest BCUT2D eigenvalue weighted by Gasteiger charge is 2.14. The van der Waals surface area contributed by atoms with E-state index >= 15 is 0 Å². The first kappa shape index (κ1) is 14.4. The lowest BCUT2D eigenvalue weighted by atomic mass is 9.86. The number of rotatable bonds is 3. The Morgan fingerprint density at radius 3 is 2.45 bits per heavy atom. The number of fused-ring (bicyclic) bond motifs is 1. The standard InChI is InChI=1S/C16H20N6/c1-11(12-5-7-13(8-6-12)16(2,3)4)17-14-9-10-15-18-20-21-22(15)19-14/h5-11H,1-4H3,(H,17,19)/t11-/m0/s1. The van der Waals surface area contributed by atoms with Crippen LogP contribution in [-0.2, 0) is 5.41 Å². The molecule has 22 heavy (non-hydrogen) atoms. The minimum Gasteiger partial charge on any atom is -0.362 e. The van der Waals surface area contributed by atoms with Gasteiger partial charge in [0.05, 0.1) is 0 Å². The van der Waals surface area contributed by atoms with Crippen molar-refractivity contribution in [1.82, 2.24) is 25.3 Å². The molecule has 0 radical (unpaired) electrons. The van der Waals surface area contributed by atoms with E-state index in [0.29, 0.717) is 5.65 Å². The van der Waals surface area contributed by atoms with Crippen molar-refractivity contribution in [2.45, 2.75) is 39.2 Å². The molecule has 3 rings (SSSR count). The average Bonchev–Trinajstić information content (AvgIpc) is 2.94. The predicted molar refractivity (Wildman–Crippen MR) is 85.8 cm³/mol. The van der Waals surface area contributed by atoms with Gasteiger partial charge in [-0.2, -0.15) is 0 Å². The highest BCUT2D eigenvalue weighted by molar-refractivity contribution is 5.44. The van der Waals surface area contributed by atoms with Crippen LogP contribution in [0.1, 0.15) is 44.9 Å². The molecule has 114 valence electrons. The molecule has 1 atom stereocenters. The van der Waals surface area contributed by atoms with Crippen LogP contribution in [0.25, 0.3) is 5.65 Å². The zero-order chi connectivity index (χ0) is 15.7. The van der Waals surface area contributed by atoms with Gasteiger partial charge in [-0.05, 0) is 46.0 Å². The maximum Gasteiger partial charge on any atom is 0.200 e. The Morgan fingerprint density at radius 2 is 1.77 bits per heavy atom. The molecule has 0 fully saturated rings. The second kappa shape index (κ2) is 5.36. The average molecular weight is 296 g/mol. The van der Waals surface area contributed by atoms with E-state index < -0.39 is 0 Å². The fraction of sp³-hybridized carbons (Fsp3) is 0.375. The van der Waals surface area contributed by atoms with Crippen LogP contribution in [0.15, 0.2) is 36.4 Å². The number of hydrogen-bond acceptors (Lipinski definition) is 5. The normalized spacial score (nSPS) is 13.3. The lowest BCUT2D eigenvalue weighted by molar-refractivity contribution is 0.589. The summed E-state index contributed by atoms with van der Waals surface area (Å²) in [5.74, 6) is 0.743. The Kier molecular flexibility index (Phi) is 3.52. The molecule has 6 heteroatoms. The molecule has 0 saturated carbocycles. The molecule has 0 aliphatic rings. The molecule has 0 amide bonds. The van der Waals surface area contributed by atoms with Crippen LogP contribution >= 0.6 is 0 Å². The summed E-state index contributed by atoms with van der Waals surface area (Å²) in [5.41, 5.74) is 3.35. The Labute approximate surface area is 129 Å². The van der Waals surface area contributed by atoms with Crippen molar-refractivity contribution in [2.75, 3.05) is 5.32 Å². The van der Waals surface area contributed by atoms with Gasteiger partial charge < -0.3 is 5.32 Å². The Morgan fingerprint density at radius 1 is 1.05 bits per heavy atom. The van der Waals surface area contributed by atoms with Crippen molar-refractivity contribution >= 4 is 11.5 Å². The Hall–Kier alpha value is -2.50. The van der Waals surface area contributed by atoms with E-state index in [2.05, 4.69) is 77.9 Å². The second-order valence-electron chi connectivity index (χ2n) is 6.48. The summed E-state index contributed by atoms with van der Waals surface area (Å²) in [6.07, 6.45) is 0. The molecule has 0 saturated heterocycles. The summed E-state index contributed by atoms with van der Waals surface area (Å²) >= 11 is 0. The first-order chi connectivity index (χ1) is 10.4. The Balaban J connectivity index is 1.77. The summed E-state index contributed by atoms with van der Waals surface area (Å²) < 4.78 is 1.41. The molecule has 0 aliphatic carbocycles. The van der Waals surface area contributed by atoms with Crippen molar-refractivity contribution in [3.8, 4) is 0 Å². The first-order valence-corrected chi connectivity index (χ1v) is 7.36. The van der Waals surface area contributed by atoms with Crippen molar-refractivity contribution in [3.05, 3.63) is 47.5 Å². The number of nitrogens with one attached hydrogen (secondary N) is 1. The predicted octanol–water partition coefficient (Wildman–Crippen LogP) is 2.99. The number of nitrogens with zero attached hydrogens (tertiary/aromatic N) is 5. The van der Waals surface area contributed by atoms with E-state index in [1.165, 1.54) is 15.8 Å². The topological polar surface area (TPSA) is 68.0 Å². The van der Waals surface area contributed by atoms with Gasteiger partial charge in [-0.1, -0.05) is 45.0 Å². The molecular formula is C16H20N6. The van der Waals surface area contributed by atoms with Crippen LogP contribution in [0.4, 0.5) is 5.82 Å². The van der Waals surface area contributed by atoms with Crippen molar-refractivity contribution in [1.29, 1.82) is 0 Å². The summed E-state index contributed by atoms with van der Waals surface area (Å²) in [7, 11) is 0. The van der Waals surface area contributed by atoms with Crippen LogP contribution in [-0.4, -0.2) is 25.3 Å². The molecule has 1 N–H and O–H groups in total. The number of aromatic nitrogens is 5. The van der Waals surface area contributed by atoms with Gasteiger partial charge in [-0.15, -0.1) is 14.8 Å². The molecular weight excluding hydrogens is 276 g/mol. The van der Waals surface area contributed by atoms with Crippen LogP contribution in [0.5, 0.6) is 0 Å². The molecule has 1 aromatic carbocycles. The summed E-state index contributed by atoms with van der Waals surface area (Å²) in [6, 6.07) is 12.6. The molecule has 2 aromatic heterocycles. The van der Waals surface area contributed by atoms with Gasteiger partial charge in [0.15, 0.2) is 5.65 Å². The van der Waals surface area contributed by atoms with Crippen LogP contribution in [0.3, 0.4) is 0 Å². The van der Waals surface area contributed by atoms with Gasteiger partial charge in [0.2, 0.25) is 0 Å². The third-order valence-corrected chi connectivity index (χ3v) is 3.71. The van der Waals surface area contributed by atoms with Crippen LogP contribution in [0.2, 0.25) is 0 Å². The smallest absolute Gasteiger partial charge is 0.200 e. The number of hydrogen-bond donors (Lipinski definition) is 1. The zero-order valence-electron chi connectivity index (χ0n) is 13.3. The van der Waals surface area contributed by atoms with Gasteiger partial charge in [0, 0.05) is 6.04 Å². The van der Waals surface area contributed by atoms with Crippen molar-refractivity contribution in [3.63, 3.8) is 0 Å². The molecule has 0 spiro atoms. The van der Waals surface area contributed by atoms with Gasteiger partial charge in [0.1, 0.15) is 5.82 Å². The highest BCUT2D eigenvalue weighted by atomic mass is 15.6. The molecule has 0 bridgehead atoms. The zero-order valence-corrected chi connectivity index (χ0v) is 13.3. The summed E-state index contributed by atoms with van der Waals surface area (Å²) in [4.78, 5) is 0. The molecule has 0 unspecified atom stereocenters. The lowest BCUT2D eigenvalue weighted by Gasteiger charge is -2.20. The van der Waals surface area contributed by atoms with E-state index in [1.807, 2.05) is 12.1 Å². The number of anilines is 1. The van der Waals surface area contributed by atoms with Crippen LogP contribution in [0, 0.1) is 0 Å².